The number of hydrogen-bond donors (Lipinski definition) is 1. The number of aryl methyl sites for hydroxylation is 4. The molecular weight excluding hydrogens is 298 g/mol. The summed E-state index contributed by atoms with van der Waals surface area (Å²) >= 11 is 1.79. The van der Waals surface area contributed by atoms with Gasteiger partial charge in [0, 0.05) is 22.9 Å². The van der Waals surface area contributed by atoms with E-state index in [4.69, 9.17) is 4.52 Å². The average molecular weight is 319 g/mol. The second kappa shape index (κ2) is 6.20. The molecule has 2 aromatic heterocycles. The standard InChI is InChI=1S/C16H21N3O2S/c1-9-13(10(2)21-19-9)7-15(20)17-8-12-5-4-6-14-16(12)18-11(3)22-14/h12H,4-8H2,1-3H3,(H,17,20)/t12-/m0/s1. The topological polar surface area (TPSA) is 68.0 Å². The molecule has 6 heteroatoms. The Morgan fingerprint density at radius 2 is 2.23 bits per heavy atom. The first kappa shape index (κ1) is 15.2. The lowest BCUT2D eigenvalue weighted by atomic mass is 9.91. The van der Waals surface area contributed by atoms with Gasteiger partial charge in [-0.15, -0.1) is 11.3 Å². The normalized spacial score (nSPS) is 17.3. The first-order valence-corrected chi connectivity index (χ1v) is 8.51. The summed E-state index contributed by atoms with van der Waals surface area (Å²) in [5.74, 6) is 1.10. The molecule has 118 valence electrons. The molecular formula is C16H21N3O2S. The smallest absolute Gasteiger partial charge is 0.224 e. The zero-order valence-electron chi connectivity index (χ0n) is 13.2. The molecule has 0 unspecified atom stereocenters. The molecule has 1 aliphatic carbocycles. The SMILES string of the molecule is Cc1nc2c(s1)CCC[C@H]2CNC(=O)Cc1c(C)noc1C. The number of thiazole rings is 1. The van der Waals surface area contributed by atoms with Gasteiger partial charge in [0.05, 0.1) is 22.8 Å². The Morgan fingerprint density at radius 1 is 1.41 bits per heavy atom. The van der Waals surface area contributed by atoms with Crippen LogP contribution in [0.25, 0.3) is 0 Å². The minimum Gasteiger partial charge on any atom is -0.361 e. The van der Waals surface area contributed by atoms with Gasteiger partial charge in [0.2, 0.25) is 5.91 Å². The summed E-state index contributed by atoms with van der Waals surface area (Å²) in [7, 11) is 0. The number of carbonyl (C=O) groups excluding carboxylic acids is 1. The Morgan fingerprint density at radius 3 is 2.95 bits per heavy atom. The van der Waals surface area contributed by atoms with Gasteiger partial charge in [0.15, 0.2) is 0 Å². The Labute approximate surface area is 134 Å². The third-order valence-corrected chi connectivity index (χ3v) is 5.29. The third-order valence-electron chi connectivity index (χ3n) is 4.24. The number of fused-ring (bicyclic) bond motifs is 1. The van der Waals surface area contributed by atoms with E-state index in [1.165, 1.54) is 17.0 Å². The van der Waals surface area contributed by atoms with Crippen molar-refractivity contribution in [2.24, 2.45) is 0 Å². The van der Waals surface area contributed by atoms with Crippen molar-refractivity contribution in [2.45, 2.75) is 52.4 Å². The van der Waals surface area contributed by atoms with Crippen molar-refractivity contribution in [3.63, 3.8) is 0 Å². The predicted octanol–water partition coefficient (Wildman–Crippen LogP) is 2.84. The van der Waals surface area contributed by atoms with Gasteiger partial charge >= 0.3 is 0 Å². The maximum atomic E-state index is 12.2. The van der Waals surface area contributed by atoms with E-state index in [2.05, 4.69) is 22.4 Å². The summed E-state index contributed by atoms with van der Waals surface area (Å²) in [4.78, 5) is 18.2. The highest BCUT2D eigenvalue weighted by Gasteiger charge is 2.24. The fourth-order valence-corrected chi connectivity index (χ4v) is 4.11. The van der Waals surface area contributed by atoms with Crippen LogP contribution in [0.15, 0.2) is 4.52 Å². The van der Waals surface area contributed by atoms with Crippen molar-refractivity contribution in [1.29, 1.82) is 0 Å². The average Bonchev–Trinajstić information content (AvgIpc) is 3.01. The van der Waals surface area contributed by atoms with Crippen LogP contribution in [0.1, 0.15) is 51.4 Å². The minimum absolute atomic E-state index is 0.0217. The van der Waals surface area contributed by atoms with Gasteiger partial charge in [-0.25, -0.2) is 4.98 Å². The lowest BCUT2D eigenvalue weighted by molar-refractivity contribution is -0.120. The monoisotopic (exact) mass is 319 g/mol. The highest BCUT2D eigenvalue weighted by Crippen LogP contribution is 2.34. The molecule has 0 spiro atoms. The van der Waals surface area contributed by atoms with E-state index < -0.39 is 0 Å². The van der Waals surface area contributed by atoms with E-state index in [-0.39, 0.29) is 5.91 Å². The van der Waals surface area contributed by atoms with Crippen molar-refractivity contribution in [3.05, 3.63) is 32.6 Å². The number of amides is 1. The lowest BCUT2D eigenvalue weighted by Crippen LogP contribution is -2.31. The molecule has 22 heavy (non-hydrogen) atoms. The second-order valence-corrected chi connectivity index (χ2v) is 7.20. The van der Waals surface area contributed by atoms with Crippen LogP contribution in [0, 0.1) is 20.8 Å². The number of hydrogen-bond acceptors (Lipinski definition) is 5. The first-order chi connectivity index (χ1) is 10.5. The number of rotatable bonds is 4. The van der Waals surface area contributed by atoms with Crippen LogP contribution in [0.3, 0.4) is 0 Å². The molecule has 1 aliphatic rings. The number of nitrogens with one attached hydrogen (secondary N) is 1. The Kier molecular flexibility index (Phi) is 4.29. The molecule has 0 aromatic carbocycles. The van der Waals surface area contributed by atoms with E-state index in [0.29, 0.717) is 18.9 Å². The Hall–Kier alpha value is -1.69. The zero-order valence-corrected chi connectivity index (χ0v) is 14.0. The van der Waals surface area contributed by atoms with E-state index in [1.54, 1.807) is 11.3 Å². The van der Waals surface area contributed by atoms with Gasteiger partial charge in [-0.2, -0.15) is 0 Å². The highest BCUT2D eigenvalue weighted by molar-refractivity contribution is 7.11. The molecule has 0 saturated carbocycles. The van der Waals surface area contributed by atoms with Crippen molar-refractivity contribution in [3.8, 4) is 0 Å². The van der Waals surface area contributed by atoms with Crippen LogP contribution < -0.4 is 5.32 Å². The van der Waals surface area contributed by atoms with Crippen LogP contribution in [-0.2, 0) is 17.6 Å². The number of aromatic nitrogens is 2. The zero-order chi connectivity index (χ0) is 15.7. The van der Waals surface area contributed by atoms with Crippen LogP contribution in [0.2, 0.25) is 0 Å². The van der Waals surface area contributed by atoms with Crippen LogP contribution in [-0.4, -0.2) is 22.6 Å². The molecule has 2 heterocycles. The van der Waals surface area contributed by atoms with Gasteiger partial charge in [0.1, 0.15) is 5.76 Å². The number of nitrogens with zero attached hydrogens (tertiary/aromatic N) is 2. The van der Waals surface area contributed by atoms with E-state index in [0.717, 1.165) is 34.9 Å². The summed E-state index contributed by atoms with van der Waals surface area (Å²) in [6, 6.07) is 0. The van der Waals surface area contributed by atoms with Gasteiger partial charge in [-0.05, 0) is 40.0 Å². The summed E-state index contributed by atoms with van der Waals surface area (Å²) in [6.45, 7) is 6.42. The molecule has 5 nitrogen and oxygen atoms in total. The molecule has 3 rings (SSSR count). The molecule has 1 N–H and O–H groups in total. The molecule has 0 bridgehead atoms. The molecule has 0 fully saturated rings. The molecule has 2 aromatic rings. The second-order valence-electron chi connectivity index (χ2n) is 5.91. The minimum atomic E-state index is 0.0217. The van der Waals surface area contributed by atoms with Gasteiger partial charge in [-0.3, -0.25) is 4.79 Å². The summed E-state index contributed by atoms with van der Waals surface area (Å²) < 4.78 is 5.10. The fraction of sp³-hybridized carbons (Fsp3) is 0.562. The van der Waals surface area contributed by atoms with Crippen LogP contribution in [0.5, 0.6) is 0 Å². The predicted molar refractivity (Wildman–Crippen MR) is 85.2 cm³/mol. The maximum Gasteiger partial charge on any atom is 0.224 e. The summed E-state index contributed by atoms with van der Waals surface area (Å²) in [5, 5.41) is 8.06. The molecule has 1 atom stereocenters. The molecule has 1 amide bonds. The highest BCUT2D eigenvalue weighted by atomic mass is 32.1. The number of carbonyl (C=O) groups is 1. The Bertz CT molecular complexity index is 670. The van der Waals surface area contributed by atoms with Crippen molar-refractivity contribution in [2.75, 3.05) is 6.54 Å². The molecule has 0 aliphatic heterocycles. The third kappa shape index (κ3) is 3.06. The van der Waals surface area contributed by atoms with Crippen molar-refractivity contribution < 1.29 is 9.32 Å². The largest absolute Gasteiger partial charge is 0.361 e. The van der Waals surface area contributed by atoms with Crippen molar-refractivity contribution >= 4 is 17.2 Å². The molecule has 0 saturated heterocycles. The fourth-order valence-electron chi connectivity index (χ4n) is 3.04. The van der Waals surface area contributed by atoms with Gasteiger partial charge in [0.25, 0.3) is 0 Å². The van der Waals surface area contributed by atoms with Crippen LogP contribution >= 0.6 is 11.3 Å². The van der Waals surface area contributed by atoms with Crippen molar-refractivity contribution in [1.82, 2.24) is 15.5 Å². The Balaban J connectivity index is 1.60. The van der Waals surface area contributed by atoms with Gasteiger partial charge < -0.3 is 9.84 Å². The van der Waals surface area contributed by atoms with E-state index in [1.807, 2.05) is 13.8 Å². The van der Waals surface area contributed by atoms with E-state index in [9.17, 15) is 4.79 Å². The maximum absolute atomic E-state index is 12.2. The summed E-state index contributed by atoms with van der Waals surface area (Å²) in [5.41, 5.74) is 2.89. The quantitative estimate of drug-likeness (QED) is 0.941. The lowest BCUT2D eigenvalue weighted by Gasteiger charge is -2.21. The van der Waals surface area contributed by atoms with Gasteiger partial charge in [-0.1, -0.05) is 5.16 Å². The van der Waals surface area contributed by atoms with Crippen LogP contribution in [0.4, 0.5) is 0 Å². The summed E-state index contributed by atoms with van der Waals surface area (Å²) in [6.07, 6.45) is 3.74. The molecule has 0 radical (unpaired) electrons. The van der Waals surface area contributed by atoms with E-state index >= 15 is 0 Å². The first-order valence-electron chi connectivity index (χ1n) is 7.69.